The minimum Gasteiger partial charge on any atom is -0.309 e. The zero-order chi connectivity index (χ0) is 22.7. The van der Waals surface area contributed by atoms with Crippen molar-refractivity contribution >= 4 is 32.7 Å². The molecular weight excluding hydrogens is 406 g/mol. The van der Waals surface area contributed by atoms with Crippen LogP contribution in [0.25, 0.3) is 27.5 Å². The molecule has 4 aromatic rings. The van der Waals surface area contributed by atoms with Crippen molar-refractivity contribution in [2.45, 2.75) is 70.1 Å². The van der Waals surface area contributed by atoms with E-state index in [0.717, 1.165) is 0 Å². The van der Waals surface area contributed by atoms with Gasteiger partial charge in [-0.3, -0.25) is 0 Å². The summed E-state index contributed by atoms with van der Waals surface area (Å²) in [5.74, 6) is 2.75. The minimum atomic E-state index is 0.133. The first-order valence-electron chi connectivity index (χ1n) is 12.0. The van der Waals surface area contributed by atoms with Crippen LogP contribution in [0.2, 0.25) is 0 Å². The Morgan fingerprint density at radius 3 is 1.53 bits per heavy atom. The topological polar surface area (TPSA) is 4.93 Å². The fourth-order valence-electron chi connectivity index (χ4n) is 4.91. The van der Waals surface area contributed by atoms with Gasteiger partial charge >= 0.3 is 0 Å². The van der Waals surface area contributed by atoms with Crippen molar-refractivity contribution in [2.24, 2.45) is 0 Å². The molecule has 1 saturated heterocycles. The molecule has 166 valence electrons. The molecule has 2 heteroatoms. The molecule has 0 radical (unpaired) electrons. The monoisotopic (exact) mass is 442 g/mol. The van der Waals surface area contributed by atoms with Crippen molar-refractivity contribution in [2.75, 3.05) is 11.5 Å². The SMILES string of the molecule is CC(C)(C)c1ccc2c(c1)c1cc(C(C)(C)C)ccc1n2-c1ccc([S+]2CCCC2)cc1. The lowest BCUT2D eigenvalue weighted by Crippen LogP contribution is -2.10. The molecule has 1 aliphatic heterocycles. The molecule has 1 aliphatic rings. The van der Waals surface area contributed by atoms with Crippen LogP contribution in [-0.4, -0.2) is 16.1 Å². The van der Waals surface area contributed by atoms with Gasteiger partial charge in [0.15, 0.2) is 4.90 Å². The normalized spacial score (nSPS) is 15.8. The first-order valence-corrected chi connectivity index (χ1v) is 13.6. The summed E-state index contributed by atoms with van der Waals surface area (Å²) < 4.78 is 2.46. The summed E-state index contributed by atoms with van der Waals surface area (Å²) in [5.41, 5.74) is 6.92. The van der Waals surface area contributed by atoms with E-state index < -0.39 is 0 Å². The zero-order valence-electron chi connectivity index (χ0n) is 20.5. The third-order valence-corrected chi connectivity index (χ3v) is 9.46. The van der Waals surface area contributed by atoms with Crippen LogP contribution < -0.4 is 0 Å². The van der Waals surface area contributed by atoms with E-state index in [4.69, 9.17) is 0 Å². The zero-order valence-corrected chi connectivity index (χ0v) is 21.3. The van der Waals surface area contributed by atoms with Crippen molar-refractivity contribution in [3.05, 3.63) is 71.8 Å². The number of benzene rings is 3. The van der Waals surface area contributed by atoms with Gasteiger partial charge in [-0.25, -0.2) is 0 Å². The van der Waals surface area contributed by atoms with E-state index in [-0.39, 0.29) is 10.8 Å². The molecule has 0 atom stereocenters. The number of fused-ring (bicyclic) bond motifs is 3. The molecule has 1 nitrogen and oxygen atoms in total. The third-order valence-electron chi connectivity index (χ3n) is 6.96. The number of nitrogens with zero attached hydrogens (tertiary/aromatic N) is 1. The lowest BCUT2D eigenvalue weighted by Gasteiger charge is -2.19. The summed E-state index contributed by atoms with van der Waals surface area (Å²) in [6.07, 6.45) is 2.79. The second-order valence-corrected chi connectivity index (χ2v) is 13.7. The van der Waals surface area contributed by atoms with Gasteiger partial charge < -0.3 is 4.57 Å². The van der Waals surface area contributed by atoms with Gasteiger partial charge in [0, 0.05) is 27.4 Å². The standard InChI is InChI=1S/C30H36NS/c1-29(2,3)21-9-15-27-25(19-21)26-20-22(30(4,5)6)10-16-28(26)31(27)23-11-13-24(14-12-23)32-17-7-8-18-32/h9-16,19-20H,7-8,17-18H2,1-6H3/q+1. The van der Waals surface area contributed by atoms with Crippen LogP contribution in [0.4, 0.5) is 0 Å². The Balaban J connectivity index is 1.73. The Kier molecular flexibility index (Phi) is 5.21. The van der Waals surface area contributed by atoms with Crippen LogP contribution in [0.15, 0.2) is 65.6 Å². The number of hydrogen-bond donors (Lipinski definition) is 0. The number of aromatic nitrogens is 1. The van der Waals surface area contributed by atoms with Crippen molar-refractivity contribution in [3.8, 4) is 5.69 Å². The van der Waals surface area contributed by atoms with Crippen molar-refractivity contribution < 1.29 is 0 Å². The second-order valence-electron chi connectivity index (χ2n) is 11.4. The fraction of sp³-hybridized carbons (Fsp3) is 0.400. The van der Waals surface area contributed by atoms with Crippen LogP contribution in [0.1, 0.15) is 65.5 Å². The highest BCUT2D eigenvalue weighted by Gasteiger charge is 2.27. The van der Waals surface area contributed by atoms with Crippen LogP contribution in [0.5, 0.6) is 0 Å². The summed E-state index contributed by atoms with van der Waals surface area (Å²) in [5, 5.41) is 2.72. The van der Waals surface area contributed by atoms with Gasteiger partial charge in [-0.2, -0.15) is 0 Å². The Labute approximate surface area is 196 Å². The van der Waals surface area contributed by atoms with Crippen LogP contribution in [0, 0.1) is 0 Å². The molecule has 5 rings (SSSR count). The maximum absolute atomic E-state index is 2.46. The fourth-order valence-corrected chi connectivity index (χ4v) is 7.21. The quantitative estimate of drug-likeness (QED) is 0.276. The summed E-state index contributed by atoms with van der Waals surface area (Å²) >= 11 is 0. The van der Waals surface area contributed by atoms with E-state index in [9.17, 15) is 0 Å². The maximum Gasteiger partial charge on any atom is 0.155 e. The van der Waals surface area contributed by atoms with Gasteiger partial charge in [0.1, 0.15) is 11.5 Å². The summed E-state index contributed by atoms with van der Waals surface area (Å²) in [6.45, 7) is 13.8. The highest BCUT2D eigenvalue weighted by molar-refractivity contribution is 7.97. The summed E-state index contributed by atoms with van der Waals surface area (Å²) in [6, 6.07) is 23.6. The maximum atomic E-state index is 2.46. The van der Waals surface area contributed by atoms with E-state index in [1.54, 1.807) is 0 Å². The molecule has 1 aromatic heterocycles. The van der Waals surface area contributed by atoms with Crippen molar-refractivity contribution in [3.63, 3.8) is 0 Å². The lowest BCUT2D eigenvalue weighted by atomic mass is 9.85. The molecule has 0 bridgehead atoms. The first kappa shape index (κ1) is 21.6. The molecule has 2 heterocycles. The highest BCUT2D eigenvalue weighted by Crippen LogP contribution is 2.37. The predicted molar refractivity (Wildman–Crippen MR) is 143 cm³/mol. The largest absolute Gasteiger partial charge is 0.309 e. The van der Waals surface area contributed by atoms with Gasteiger partial charge in [0.2, 0.25) is 0 Å². The molecule has 0 unspecified atom stereocenters. The van der Waals surface area contributed by atoms with Gasteiger partial charge in [-0.15, -0.1) is 0 Å². The minimum absolute atomic E-state index is 0.133. The van der Waals surface area contributed by atoms with E-state index in [2.05, 4.69) is 107 Å². The van der Waals surface area contributed by atoms with E-state index in [0.29, 0.717) is 10.9 Å². The van der Waals surface area contributed by atoms with Gasteiger partial charge in [0.05, 0.1) is 11.0 Å². The predicted octanol–water partition coefficient (Wildman–Crippen LogP) is 8.15. The Morgan fingerprint density at radius 2 is 1.09 bits per heavy atom. The van der Waals surface area contributed by atoms with Gasteiger partial charge in [0.25, 0.3) is 0 Å². The first-order chi connectivity index (χ1) is 15.1. The highest BCUT2D eigenvalue weighted by atomic mass is 32.2. The molecule has 1 fully saturated rings. The molecule has 0 saturated carbocycles. The Bertz CT molecular complexity index is 1200. The molecule has 0 spiro atoms. The average molecular weight is 443 g/mol. The van der Waals surface area contributed by atoms with Gasteiger partial charge in [-0.1, -0.05) is 53.7 Å². The van der Waals surface area contributed by atoms with Crippen molar-refractivity contribution in [1.82, 2.24) is 4.57 Å². The van der Waals surface area contributed by atoms with Gasteiger partial charge in [-0.05, 0) is 83.3 Å². The summed E-state index contributed by atoms with van der Waals surface area (Å²) in [7, 11) is 0.465. The van der Waals surface area contributed by atoms with Crippen LogP contribution >= 0.6 is 0 Å². The Morgan fingerprint density at radius 1 is 0.625 bits per heavy atom. The van der Waals surface area contributed by atoms with Crippen LogP contribution in [0.3, 0.4) is 0 Å². The van der Waals surface area contributed by atoms with E-state index in [1.165, 1.54) is 67.9 Å². The van der Waals surface area contributed by atoms with Crippen molar-refractivity contribution in [1.29, 1.82) is 0 Å². The van der Waals surface area contributed by atoms with E-state index >= 15 is 0 Å². The Hall–Kier alpha value is -2.19. The molecule has 3 aromatic carbocycles. The molecule has 32 heavy (non-hydrogen) atoms. The second kappa shape index (κ2) is 7.70. The molecule has 0 N–H and O–H groups in total. The molecular formula is C30H36NS+. The average Bonchev–Trinajstić information content (AvgIpc) is 3.38. The molecule has 0 aliphatic carbocycles. The molecule has 0 amide bonds. The number of rotatable bonds is 2. The van der Waals surface area contributed by atoms with E-state index in [1.807, 2.05) is 0 Å². The third kappa shape index (κ3) is 3.77. The smallest absolute Gasteiger partial charge is 0.155 e. The summed E-state index contributed by atoms with van der Waals surface area (Å²) in [4.78, 5) is 1.54. The number of hydrogen-bond acceptors (Lipinski definition) is 0. The lowest BCUT2D eigenvalue weighted by molar-refractivity contribution is 0.590. The van der Waals surface area contributed by atoms with Crippen LogP contribution in [-0.2, 0) is 21.7 Å².